The minimum absolute atomic E-state index is 0.137. The number of nitrogens with two attached hydrogens (primary N) is 1. The summed E-state index contributed by atoms with van der Waals surface area (Å²) in [6.07, 6.45) is 1.43. The Morgan fingerprint density at radius 2 is 2.07 bits per heavy atom. The van der Waals surface area contributed by atoms with Gasteiger partial charge in [-0.15, -0.1) is 0 Å². The van der Waals surface area contributed by atoms with Gasteiger partial charge in [-0.3, -0.25) is 4.90 Å². The van der Waals surface area contributed by atoms with Crippen LogP contribution in [0.25, 0.3) is 0 Å². The summed E-state index contributed by atoms with van der Waals surface area (Å²) < 4.78 is 5.68. The van der Waals surface area contributed by atoms with Crippen LogP contribution in [0.4, 0.5) is 0 Å². The highest BCUT2D eigenvalue weighted by Crippen LogP contribution is 2.18. The minimum Gasteiger partial charge on any atom is -0.374 e. The molecule has 1 heterocycles. The van der Waals surface area contributed by atoms with Crippen molar-refractivity contribution in [2.45, 2.75) is 52.3 Å². The fourth-order valence-corrected chi connectivity index (χ4v) is 2.47. The van der Waals surface area contributed by atoms with Crippen LogP contribution in [-0.4, -0.2) is 42.8 Å². The highest BCUT2D eigenvalue weighted by atomic mass is 16.5. The SMILES string of the molecule is CCC(C(C)C)N1CCOC(C(C)N)C1. The summed E-state index contributed by atoms with van der Waals surface area (Å²) in [5, 5.41) is 0. The number of nitrogens with zero attached hydrogens (tertiary/aromatic N) is 1. The van der Waals surface area contributed by atoms with E-state index in [-0.39, 0.29) is 12.1 Å². The van der Waals surface area contributed by atoms with E-state index >= 15 is 0 Å². The number of hydrogen-bond donors (Lipinski definition) is 1. The smallest absolute Gasteiger partial charge is 0.0850 e. The van der Waals surface area contributed by atoms with E-state index in [9.17, 15) is 0 Å². The molecule has 90 valence electrons. The van der Waals surface area contributed by atoms with Gasteiger partial charge in [-0.2, -0.15) is 0 Å². The second-order valence-electron chi connectivity index (χ2n) is 4.98. The largest absolute Gasteiger partial charge is 0.374 e. The fraction of sp³-hybridized carbons (Fsp3) is 1.00. The molecule has 3 nitrogen and oxygen atoms in total. The van der Waals surface area contributed by atoms with Crippen LogP contribution in [0.5, 0.6) is 0 Å². The van der Waals surface area contributed by atoms with Gasteiger partial charge in [-0.25, -0.2) is 0 Å². The molecular weight excluding hydrogens is 188 g/mol. The molecule has 0 spiro atoms. The van der Waals surface area contributed by atoms with E-state index in [4.69, 9.17) is 10.5 Å². The maximum Gasteiger partial charge on any atom is 0.0850 e. The monoisotopic (exact) mass is 214 g/mol. The van der Waals surface area contributed by atoms with E-state index in [1.807, 2.05) is 6.92 Å². The maximum absolute atomic E-state index is 5.90. The van der Waals surface area contributed by atoms with Crippen molar-refractivity contribution in [3.05, 3.63) is 0 Å². The average molecular weight is 214 g/mol. The molecule has 1 saturated heterocycles. The van der Waals surface area contributed by atoms with E-state index < -0.39 is 0 Å². The summed E-state index contributed by atoms with van der Waals surface area (Å²) in [5.41, 5.74) is 5.90. The standard InChI is InChI=1S/C12H26N2O/c1-5-11(9(2)3)14-6-7-15-12(8-14)10(4)13/h9-12H,5-8,13H2,1-4H3. The Balaban J connectivity index is 2.54. The Labute approximate surface area is 94.0 Å². The highest BCUT2D eigenvalue weighted by Gasteiger charge is 2.28. The number of hydrogen-bond acceptors (Lipinski definition) is 3. The highest BCUT2D eigenvalue weighted by molar-refractivity contribution is 4.82. The van der Waals surface area contributed by atoms with Crippen LogP contribution in [0, 0.1) is 5.92 Å². The summed E-state index contributed by atoms with van der Waals surface area (Å²) in [4.78, 5) is 2.54. The number of rotatable bonds is 4. The van der Waals surface area contributed by atoms with Crippen LogP contribution in [0.2, 0.25) is 0 Å². The molecule has 2 N–H and O–H groups in total. The van der Waals surface area contributed by atoms with Crippen molar-refractivity contribution >= 4 is 0 Å². The van der Waals surface area contributed by atoms with Gasteiger partial charge in [-0.1, -0.05) is 20.8 Å². The van der Waals surface area contributed by atoms with Crippen molar-refractivity contribution in [1.82, 2.24) is 4.90 Å². The molecule has 0 bridgehead atoms. The lowest BCUT2D eigenvalue weighted by atomic mass is 9.98. The molecule has 3 unspecified atom stereocenters. The van der Waals surface area contributed by atoms with Gasteiger partial charge in [0.05, 0.1) is 12.7 Å². The van der Waals surface area contributed by atoms with Crippen molar-refractivity contribution in [2.75, 3.05) is 19.7 Å². The van der Waals surface area contributed by atoms with Gasteiger partial charge in [0.25, 0.3) is 0 Å². The molecule has 3 heteroatoms. The second kappa shape index (κ2) is 5.83. The Morgan fingerprint density at radius 3 is 2.53 bits per heavy atom. The molecule has 0 aromatic carbocycles. The first-order valence-electron chi connectivity index (χ1n) is 6.17. The van der Waals surface area contributed by atoms with Gasteiger partial charge in [-0.05, 0) is 19.3 Å². The maximum atomic E-state index is 5.90. The minimum atomic E-state index is 0.137. The third kappa shape index (κ3) is 3.44. The van der Waals surface area contributed by atoms with Gasteiger partial charge in [0, 0.05) is 25.2 Å². The lowest BCUT2D eigenvalue weighted by Crippen LogP contribution is -2.53. The van der Waals surface area contributed by atoms with E-state index in [1.54, 1.807) is 0 Å². The van der Waals surface area contributed by atoms with E-state index in [0.29, 0.717) is 12.0 Å². The average Bonchev–Trinajstić information content (AvgIpc) is 2.18. The summed E-state index contributed by atoms with van der Waals surface area (Å²) in [7, 11) is 0. The van der Waals surface area contributed by atoms with Gasteiger partial charge in [0.1, 0.15) is 0 Å². The van der Waals surface area contributed by atoms with Crippen LogP contribution in [0.1, 0.15) is 34.1 Å². The first kappa shape index (κ1) is 12.9. The molecule has 3 atom stereocenters. The van der Waals surface area contributed by atoms with Crippen LogP contribution >= 0.6 is 0 Å². The molecule has 15 heavy (non-hydrogen) atoms. The van der Waals surface area contributed by atoms with Crippen molar-refractivity contribution in [1.29, 1.82) is 0 Å². The van der Waals surface area contributed by atoms with Crippen LogP contribution < -0.4 is 5.73 Å². The third-order valence-corrected chi connectivity index (χ3v) is 3.37. The molecule has 0 saturated carbocycles. The van der Waals surface area contributed by atoms with E-state index in [2.05, 4.69) is 25.7 Å². The molecule has 0 amide bonds. The molecule has 0 aromatic rings. The van der Waals surface area contributed by atoms with Gasteiger partial charge in [0.15, 0.2) is 0 Å². The Hall–Kier alpha value is -0.120. The lowest BCUT2D eigenvalue weighted by Gasteiger charge is -2.40. The Bertz CT molecular complexity index is 182. The summed E-state index contributed by atoms with van der Waals surface area (Å²) in [6, 6.07) is 0.813. The molecule has 1 aliphatic heterocycles. The number of ether oxygens (including phenoxy) is 1. The summed E-state index contributed by atoms with van der Waals surface area (Å²) in [6.45, 7) is 11.8. The quantitative estimate of drug-likeness (QED) is 0.770. The van der Waals surface area contributed by atoms with Gasteiger partial charge < -0.3 is 10.5 Å². The summed E-state index contributed by atoms with van der Waals surface area (Å²) >= 11 is 0. The molecular formula is C12H26N2O. The Morgan fingerprint density at radius 1 is 1.40 bits per heavy atom. The third-order valence-electron chi connectivity index (χ3n) is 3.37. The van der Waals surface area contributed by atoms with Crippen molar-refractivity contribution in [3.63, 3.8) is 0 Å². The van der Waals surface area contributed by atoms with E-state index in [1.165, 1.54) is 6.42 Å². The summed E-state index contributed by atoms with van der Waals surface area (Å²) in [5.74, 6) is 0.710. The van der Waals surface area contributed by atoms with Crippen molar-refractivity contribution < 1.29 is 4.74 Å². The zero-order valence-corrected chi connectivity index (χ0v) is 10.6. The molecule has 1 rings (SSSR count). The first-order valence-corrected chi connectivity index (χ1v) is 6.17. The predicted molar refractivity (Wildman–Crippen MR) is 63.9 cm³/mol. The zero-order valence-electron chi connectivity index (χ0n) is 10.6. The van der Waals surface area contributed by atoms with Crippen molar-refractivity contribution in [2.24, 2.45) is 11.7 Å². The van der Waals surface area contributed by atoms with Gasteiger partial charge >= 0.3 is 0 Å². The predicted octanol–water partition coefficient (Wildman–Crippen LogP) is 1.47. The fourth-order valence-electron chi connectivity index (χ4n) is 2.47. The van der Waals surface area contributed by atoms with Crippen LogP contribution in [0.15, 0.2) is 0 Å². The zero-order chi connectivity index (χ0) is 11.4. The van der Waals surface area contributed by atoms with E-state index in [0.717, 1.165) is 19.7 Å². The molecule has 0 radical (unpaired) electrons. The first-order chi connectivity index (χ1) is 7.06. The van der Waals surface area contributed by atoms with Gasteiger partial charge in [0.2, 0.25) is 0 Å². The number of morpholine rings is 1. The molecule has 0 aromatic heterocycles. The van der Waals surface area contributed by atoms with Crippen LogP contribution in [0.3, 0.4) is 0 Å². The second-order valence-corrected chi connectivity index (χ2v) is 4.98. The Kier molecular flexibility index (Phi) is 5.03. The normalized spacial score (nSPS) is 28.0. The van der Waals surface area contributed by atoms with Crippen LogP contribution in [-0.2, 0) is 4.74 Å². The molecule has 0 aliphatic carbocycles. The molecule has 1 fully saturated rings. The lowest BCUT2D eigenvalue weighted by molar-refractivity contribution is -0.0581. The van der Waals surface area contributed by atoms with Crippen molar-refractivity contribution in [3.8, 4) is 0 Å². The topological polar surface area (TPSA) is 38.5 Å². The molecule has 1 aliphatic rings.